The maximum absolute atomic E-state index is 12.2. The fourth-order valence-electron chi connectivity index (χ4n) is 4.70. The number of rotatable bonds is 6. The molecule has 2 aromatic rings. The molecule has 1 amide bonds. The lowest BCUT2D eigenvalue weighted by Gasteiger charge is -2.25. The quantitative estimate of drug-likeness (QED) is 0.318. The normalized spacial score (nSPS) is 27.9. The van der Waals surface area contributed by atoms with E-state index in [0.29, 0.717) is 31.0 Å². The summed E-state index contributed by atoms with van der Waals surface area (Å²) in [7, 11) is 0. The largest absolute Gasteiger partial charge is 0.466 e. The minimum absolute atomic E-state index is 0.0284. The molecule has 5 N–H and O–H groups in total. The number of amides is 1. The molecule has 2 aromatic heterocycles. The van der Waals surface area contributed by atoms with E-state index < -0.39 is 30.4 Å². The molecule has 12 nitrogen and oxygen atoms in total. The average molecular weight is 501 g/mol. The summed E-state index contributed by atoms with van der Waals surface area (Å²) in [6, 6.07) is 0. The van der Waals surface area contributed by atoms with E-state index in [-0.39, 0.29) is 29.2 Å². The van der Waals surface area contributed by atoms with Crippen LogP contribution in [-0.2, 0) is 19.1 Å². The number of imidazole rings is 1. The van der Waals surface area contributed by atoms with Crippen molar-refractivity contribution in [3.05, 3.63) is 12.2 Å². The van der Waals surface area contributed by atoms with Crippen LogP contribution in [0.15, 0.2) is 6.33 Å². The van der Waals surface area contributed by atoms with E-state index in [0.717, 1.165) is 25.7 Å². The summed E-state index contributed by atoms with van der Waals surface area (Å²) in [6.45, 7) is 4.32. The molecular formula is C24H32N6O6. The molecular weight excluding hydrogens is 468 g/mol. The molecule has 0 aromatic carbocycles. The molecule has 1 unspecified atom stereocenters. The SMILES string of the molecule is CCNC(=O)[C@H]1O[C@@H](n2cnc3c(N)nc(C#CCC4CCC(C(=O)OCC)CC4)nc32)[C@@H](O)C1O. The average Bonchev–Trinajstić information content (AvgIpc) is 3.41. The van der Waals surface area contributed by atoms with Crippen molar-refractivity contribution in [2.24, 2.45) is 11.8 Å². The molecule has 1 aliphatic heterocycles. The topological polar surface area (TPSA) is 175 Å². The van der Waals surface area contributed by atoms with Gasteiger partial charge in [0.2, 0.25) is 5.82 Å². The Bertz CT molecular complexity index is 1170. The zero-order valence-corrected chi connectivity index (χ0v) is 20.4. The van der Waals surface area contributed by atoms with Crippen LogP contribution in [0.4, 0.5) is 5.82 Å². The number of hydrogen-bond acceptors (Lipinski definition) is 10. The van der Waals surface area contributed by atoms with E-state index in [1.807, 2.05) is 6.92 Å². The zero-order valence-electron chi connectivity index (χ0n) is 20.4. The molecule has 194 valence electrons. The van der Waals surface area contributed by atoms with Crippen LogP contribution in [0.1, 0.15) is 58.0 Å². The highest BCUT2D eigenvalue weighted by Crippen LogP contribution is 2.33. The van der Waals surface area contributed by atoms with E-state index in [9.17, 15) is 19.8 Å². The molecule has 1 aliphatic carbocycles. The van der Waals surface area contributed by atoms with Crippen molar-refractivity contribution in [2.75, 3.05) is 18.9 Å². The Hall–Kier alpha value is -3.27. The molecule has 0 radical (unpaired) electrons. The van der Waals surface area contributed by atoms with Crippen LogP contribution < -0.4 is 11.1 Å². The number of carbonyl (C=O) groups is 2. The Labute approximate surface area is 208 Å². The number of fused-ring (bicyclic) bond motifs is 1. The third-order valence-corrected chi connectivity index (χ3v) is 6.63. The lowest BCUT2D eigenvalue weighted by atomic mass is 9.81. The van der Waals surface area contributed by atoms with Crippen LogP contribution in [0.5, 0.6) is 0 Å². The van der Waals surface area contributed by atoms with Crippen molar-refractivity contribution in [3.63, 3.8) is 0 Å². The van der Waals surface area contributed by atoms with Gasteiger partial charge in [0, 0.05) is 13.0 Å². The number of hydrogen-bond donors (Lipinski definition) is 4. The monoisotopic (exact) mass is 500 g/mol. The number of esters is 1. The minimum atomic E-state index is -1.42. The summed E-state index contributed by atoms with van der Waals surface area (Å²) in [5, 5.41) is 23.5. The second-order valence-corrected chi connectivity index (χ2v) is 9.06. The Balaban J connectivity index is 1.47. The first-order valence-electron chi connectivity index (χ1n) is 12.3. The third kappa shape index (κ3) is 5.28. The second-order valence-electron chi connectivity index (χ2n) is 9.06. The summed E-state index contributed by atoms with van der Waals surface area (Å²) >= 11 is 0. The fraction of sp³-hybridized carbons (Fsp3) is 0.625. The first kappa shape index (κ1) is 25.8. The van der Waals surface area contributed by atoms with Gasteiger partial charge in [-0.05, 0) is 51.4 Å². The van der Waals surface area contributed by atoms with Gasteiger partial charge in [-0.15, -0.1) is 0 Å². The number of nitrogens with two attached hydrogens (primary N) is 1. The van der Waals surface area contributed by atoms with Gasteiger partial charge in [-0.25, -0.2) is 15.0 Å². The van der Waals surface area contributed by atoms with Crippen LogP contribution in [0, 0.1) is 23.7 Å². The van der Waals surface area contributed by atoms with Crippen molar-refractivity contribution < 1.29 is 29.3 Å². The van der Waals surface area contributed by atoms with Crippen LogP contribution >= 0.6 is 0 Å². The van der Waals surface area contributed by atoms with Crippen LogP contribution in [0.25, 0.3) is 11.2 Å². The number of carbonyl (C=O) groups excluding carboxylic acids is 2. The number of aromatic nitrogens is 4. The van der Waals surface area contributed by atoms with Gasteiger partial charge in [0.1, 0.15) is 17.7 Å². The number of aliphatic hydroxyl groups is 2. The Morgan fingerprint density at radius 2 is 1.97 bits per heavy atom. The predicted molar refractivity (Wildman–Crippen MR) is 128 cm³/mol. The number of nitrogens with zero attached hydrogens (tertiary/aromatic N) is 4. The molecule has 12 heteroatoms. The highest BCUT2D eigenvalue weighted by atomic mass is 16.6. The van der Waals surface area contributed by atoms with Crippen molar-refractivity contribution in [1.29, 1.82) is 0 Å². The van der Waals surface area contributed by atoms with E-state index in [4.69, 9.17) is 15.2 Å². The standard InChI is InChI=1S/C24H32N6O6/c1-3-26-22(33)19-17(31)18(32)23(36-19)30-12-27-16-20(25)28-15(29-21(16)30)7-5-6-13-8-10-14(11-9-13)24(34)35-4-2/h12-14,17-19,23,31-32H,3-4,6,8-11H2,1-2H3,(H,26,33)(H2,25,28,29)/t13?,14?,17?,18-,19-,23+/m0/s1. The molecule has 36 heavy (non-hydrogen) atoms. The van der Waals surface area contributed by atoms with Crippen LogP contribution in [0.2, 0.25) is 0 Å². The van der Waals surface area contributed by atoms with E-state index in [1.165, 1.54) is 10.9 Å². The van der Waals surface area contributed by atoms with Crippen LogP contribution in [0.3, 0.4) is 0 Å². The Morgan fingerprint density at radius 1 is 1.22 bits per heavy atom. The van der Waals surface area contributed by atoms with Gasteiger partial charge in [-0.1, -0.05) is 5.92 Å². The summed E-state index contributed by atoms with van der Waals surface area (Å²) in [4.78, 5) is 37.0. The lowest BCUT2D eigenvalue weighted by molar-refractivity contribution is -0.149. The second kappa shape index (κ2) is 11.2. The zero-order chi connectivity index (χ0) is 25.8. The first-order valence-corrected chi connectivity index (χ1v) is 12.3. The molecule has 1 saturated heterocycles. The van der Waals surface area contributed by atoms with Gasteiger partial charge in [-0.2, -0.15) is 0 Å². The van der Waals surface area contributed by atoms with E-state index in [2.05, 4.69) is 32.1 Å². The first-order chi connectivity index (χ1) is 17.3. The van der Waals surface area contributed by atoms with Gasteiger partial charge >= 0.3 is 5.97 Å². The molecule has 2 aliphatic rings. The number of likely N-dealkylation sites (N-methyl/N-ethyl adjacent to an activating group) is 1. The highest BCUT2D eigenvalue weighted by molar-refractivity contribution is 5.83. The number of nitrogen functional groups attached to an aromatic ring is 1. The molecule has 4 rings (SSSR count). The summed E-state index contributed by atoms with van der Waals surface area (Å²) < 4.78 is 12.2. The Kier molecular flexibility index (Phi) is 8.03. The minimum Gasteiger partial charge on any atom is -0.466 e. The van der Waals surface area contributed by atoms with Crippen molar-refractivity contribution in [2.45, 2.75) is 70.5 Å². The summed E-state index contributed by atoms with van der Waals surface area (Å²) in [5.74, 6) is 6.09. The van der Waals surface area contributed by atoms with Gasteiger partial charge in [0.05, 0.1) is 18.9 Å². The fourth-order valence-corrected chi connectivity index (χ4v) is 4.70. The lowest BCUT2D eigenvalue weighted by Crippen LogP contribution is -2.42. The van der Waals surface area contributed by atoms with Crippen molar-refractivity contribution >= 4 is 28.9 Å². The highest BCUT2D eigenvalue weighted by Gasteiger charge is 2.47. The van der Waals surface area contributed by atoms with E-state index >= 15 is 0 Å². The molecule has 0 spiro atoms. The molecule has 0 bridgehead atoms. The number of aliphatic hydroxyl groups excluding tert-OH is 2. The predicted octanol–water partition coefficient (Wildman–Crippen LogP) is 0.275. The van der Waals surface area contributed by atoms with E-state index in [1.54, 1.807) is 6.92 Å². The third-order valence-electron chi connectivity index (χ3n) is 6.63. The van der Waals surface area contributed by atoms with Crippen molar-refractivity contribution in [3.8, 4) is 11.8 Å². The maximum Gasteiger partial charge on any atom is 0.308 e. The van der Waals surface area contributed by atoms with Gasteiger partial charge < -0.3 is 30.7 Å². The smallest absolute Gasteiger partial charge is 0.308 e. The number of anilines is 1. The molecule has 4 atom stereocenters. The number of nitrogens with one attached hydrogen (secondary N) is 1. The molecule has 2 fully saturated rings. The van der Waals surface area contributed by atoms with Gasteiger partial charge in [-0.3, -0.25) is 14.2 Å². The Morgan fingerprint density at radius 3 is 2.67 bits per heavy atom. The molecule has 3 heterocycles. The summed E-state index contributed by atoms with van der Waals surface area (Å²) in [6.07, 6.45) is 0.275. The molecule has 1 saturated carbocycles. The summed E-state index contributed by atoms with van der Waals surface area (Å²) in [5.41, 5.74) is 6.64. The maximum atomic E-state index is 12.2. The van der Waals surface area contributed by atoms with Crippen molar-refractivity contribution in [1.82, 2.24) is 24.8 Å². The van der Waals surface area contributed by atoms with Crippen LogP contribution in [-0.4, -0.2) is 73.1 Å². The number of ether oxygens (including phenoxy) is 2. The van der Waals surface area contributed by atoms with Gasteiger partial charge in [0.15, 0.2) is 23.8 Å². The van der Waals surface area contributed by atoms with Gasteiger partial charge in [0.25, 0.3) is 5.91 Å².